The molecule has 0 aromatic heterocycles. The molecule has 1 heterocycles. The van der Waals surface area contributed by atoms with E-state index < -0.39 is 63.7 Å². The van der Waals surface area contributed by atoms with Crippen molar-refractivity contribution in [1.82, 2.24) is 4.90 Å². The molecule has 3 aromatic carbocycles. The number of nitrogens with zero attached hydrogens (tertiary/aromatic N) is 2. The van der Waals surface area contributed by atoms with Gasteiger partial charge in [0.05, 0.1) is 22.7 Å². The van der Waals surface area contributed by atoms with Crippen molar-refractivity contribution in [2.45, 2.75) is 50.6 Å². The van der Waals surface area contributed by atoms with Gasteiger partial charge in [-0.05, 0) is 60.8 Å². The fourth-order valence-corrected chi connectivity index (χ4v) is 6.30. The normalized spacial score (nSPS) is 22.5. The number of hydrogen-bond donors (Lipinski definition) is 2. The molecule has 42 heavy (non-hydrogen) atoms. The third kappa shape index (κ3) is 5.59. The Kier molecular flexibility index (Phi) is 8.66. The summed E-state index contributed by atoms with van der Waals surface area (Å²) in [5.41, 5.74) is -3.02. The van der Waals surface area contributed by atoms with E-state index in [1.807, 2.05) is 20.8 Å². The Hall–Kier alpha value is -3.58. The van der Waals surface area contributed by atoms with Crippen molar-refractivity contribution < 1.29 is 27.9 Å². The van der Waals surface area contributed by atoms with E-state index in [-0.39, 0.29) is 26.9 Å². The number of aromatic carboxylic acids is 1. The summed E-state index contributed by atoms with van der Waals surface area (Å²) in [5.74, 6) is -6.25. The number of carboxylic acid groups (broad SMARTS) is 1. The van der Waals surface area contributed by atoms with Gasteiger partial charge in [0.25, 0.3) is 0 Å². The Balaban J connectivity index is 1.98. The maximum Gasteiger partial charge on any atom is 0.338 e. The lowest BCUT2D eigenvalue weighted by molar-refractivity contribution is -0.120. The van der Waals surface area contributed by atoms with Gasteiger partial charge in [0, 0.05) is 28.2 Å². The fraction of sp³-hybridized carbons (Fsp3) is 0.323. The number of rotatable bonds is 6. The Morgan fingerprint density at radius 2 is 1.76 bits per heavy atom. The summed E-state index contributed by atoms with van der Waals surface area (Å²) in [6, 6.07) is 11.4. The van der Waals surface area contributed by atoms with Crippen LogP contribution in [0.2, 0.25) is 10.0 Å². The number of carbonyl (C=O) groups excluding carboxylic acids is 1. The van der Waals surface area contributed by atoms with Crippen LogP contribution in [0.4, 0.5) is 18.9 Å². The zero-order valence-electron chi connectivity index (χ0n) is 23.2. The Bertz CT molecular complexity index is 1600. The van der Waals surface area contributed by atoms with Crippen molar-refractivity contribution >= 4 is 40.8 Å². The molecule has 1 aliphatic rings. The van der Waals surface area contributed by atoms with Gasteiger partial charge in [0.2, 0.25) is 5.91 Å². The summed E-state index contributed by atoms with van der Waals surface area (Å²) in [7, 11) is 1.59. The van der Waals surface area contributed by atoms with Crippen LogP contribution >= 0.6 is 23.2 Å². The molecule has 4 atom stereocenters. The third-order valence-electron chi connectivity index (χ3n) is 7.68. The SMILES string of the molecule is CN1C(C(=O)Nc2ccc(C(=O)O)c(F)c2)C(c2cccc(Cl)c2F)C(C#N)(c2ccc(Cl)cc2F)C1CC(C)(C)C. The number of hydrogen-bond acceptors (Lipinski definition) is 4. The molecule has 0 saturated carbocycles. The maximum atomic E-state index is 15.8. The van der Waals surface area contributed by atoms with E-state index in [1.165, 1.54) is 36.4 Å². The average Bonchev–Trinajstić information content (AvgIpc) is 3.12. The minimum atomic E-state index is -1.82. The molecule has 3 aromatic rings. The Morgan fingerprint density at radius 3 is 2.33 bits per heavy atom. The zero-order chi connectivity index (χ0) is 31.1. The topological polar surface area (TPSA) is 93.4 Å². The minimum absolute atomic E-state index is 0.0549. The number of benzene rings is 3. The van der Waals surface area contributed by atoms with Gasteiger partial charge in [0.15, 0.2) is 0 Å². The maximum absolute atomic E-state index is 15.8. The number of halogens is 5. The van der Waals surface area contributed by atoms with Crippen LogP contribution in [0.3, 0.4) is 0 Å². The van der Waals surface area contributed by atoms with Gasteiger partial charge < -0.3 is 10.4 Å². The van der Waals surface area contributed by atoms with E-state index in [1.54, 1.807) is 11.9 Å². The van der Waals surface area contributed by atoms with Gasteiger partial charge in [-0.25, -0.2) is 18.0 Å². The lowest BCUT2D eigenvalue weighted by atomic mass is 9.62. The molecular weight excluding hydrogens is 590 g/mol. The molecule has 1 aliphatic heterocycles. The van der Waals surface area contributed by atoms with Crippen molar-refractivity contribution in [3.8, 4) is 6.07 Å². The van der Waals surface area contributed by atoms with Gasteiger partial charge in [-0.2, -0.15) is 5.26 Å². The van der Waals surface area contributed by atoms with Crippen molar-refractivity contribution in [2.24, 2.45) is 5.41 Å². The van der Waals surface area contributed by atoms with E-state index >= 15 is 8.78 Å². The molecular formula is C31H28Cl2F3N3O3. The summed E-state index contributed by atoms with van der Waals surface area (Å²) in [4.78, 5) is 26.9. The molecule has 1 amide bonds. The van der Waals surface area contributed by atoms with Crippen molar-refractivity contribution in [3.63, 3.8) is 0 Å². The molecule has 4 rings (SSSR count). The summed E-state index contributed by atoms with van der Waals surface area (Å²) in [5, 5.41) is 22.6. The lowest BCUT2D eigenvalue weighted by Crippen LogP contribution is -2.45. The van der Waals surface area contributed by atoms with Crippen LogP contribution in [0.5, 0.6) is 0 Å². The van der Waals surface area contributed by atoms with Crippen molar-refractivity contribution in [3.05, 3.63) is 98.8 Å². The molecule has 0 bridgehead atoms. The molecule has 0 aliphatic carbocycles. The van der Waals surface area contributed by atoms with E-state index in [9.17, 15) is 19.2 Å². The van der Waals surface area contributed by atoms with E-state index in [0.717, 1.165) is 18.2 Å². The first-order valence-corrected chi connectivity index (χ1v) is 13.7. The Morgan fingerprint density at radius 1 is 1.07 bits per heavy atom. The van der Waals surface area contributed by atoms with Gasteiger partial charge in [0.1, 0.15) is 22.9 Å². The third-order valence-corrected chi connectivity index (χ3v) is 8.21. The van der Waals surface area contributed by atoms with Crippen LogP contribution in [-0.2, 0) is 10.2 Å². The standard InChI is InChI=1S/C31H28Cl2F3N3O3/c1-30(2,3)14-24-31(15-37,20-11-8-16(32)12-23(20)35)25(19-6-5-7-21(33)26(19)36)27(39(24)4)28(40)38-17-9-10-18(29(41)42)22(34)13-17/h5-13,24-25,27H,14H2,1-4H3,(H,38,40)(H,41,42). The second kappa shape index (κ2) is 11.6. The number of nitrogens with one attached hydrogen (secondary N) is 1. The zero-order valence-corrected chi connectivity index (χ0v) is 24.7. The molecule has 2 N–H and O–H groups in total. The number of amides is 1. The monoisotopic (exact) mass is 617 g/mol. The molecule has 6 nitrogen and oxygen atoms in total. The van der Waals surface area contributed by atoms with Gasteiger partial charge in [-0.1, -0.05) is 62.2 Å². The average molecular weight is 618 g/mol. The quantitative estimate of drug-likeness (QED) is 0.300. The molecule has 4 unspecified atom stereocenters. The first-order chi connectivity index (χ1) is 19.6. The highest BCUT2D eigenvalue weighted by Gasteiger charge is 2.63. The minimum Gasteiger partial charge on any atom is -0.478 e. The molecule has 0 radical (unpaired) electrons. The molecule has 1 saturated heterocycles. The number of carbonyl (C=O) groups is 2. The van der Waals surface area contributed by atoms with Crippen LogP contribution < -0.4 is 5.32 Å². The highest BCUT2D eigenvalue weighted by molar-refractivity contribution is 6.31. The van der Waals surface area contributed by atoms with Gasteiger partial charge in [-0.15, -0.1) is 0 Å². The van der Waals surface area contributed by atoms with Crippen LogP contribution in [0.1, 0.15) is 54.6 Å². The highest BCUT2D eigenvalue weighted by Crippen LogP contribution is 2.56. The summed E-state index contributed by atoms with van der Waals surface area (Å²) < 4.78 is 46.1. The first kappa shape index (κ1) is 31.4. The first-order valence-electron chi connectivity index (χ1n) is 13.0. The van der Waals surface area contributed by atoms with Crippen LogP contribution in [-0.4, -0.2) is 41.0 Å². The van der Waals surface area contributed by atoms with Crippen LogP contribution in [0.25, 0.3) is 0 Å². The van der Waals surface area contributed by atoms with E-state index in [0.29, 0.717) is 6.42 Å². The van der Waals surface area contributed by atoms with E-state index in [4.69, 9.17) is 28.3 Å². The number of likely N-dealkylation sites (N-methyl/N-ethyl adjacent to an activating group) is 1. The van der Waals surface area contributed by atoms with Crippen molar-refractivity contribution in [2.75, 3.05) is 12.4 Å². The second-order valence-electron chi connectivity index (χ2n) is 11.6. The fourth-order valence-electron chi connectivity index (χ4n) is 5.96. The molecule has 220 valence electrons. The summed E-state index contributed by atoms with van der Waals surface area (Å²) in [6.45, 7) is 5.78. The molecule has 1 fully saturated rings. The Labute approximate surface area is 251 Å². The number of nitriles is 1. The van der Waals surface area contributed by atoms with Crippen LogP contribution in [0, 0.1) is 34.2 Å². The predicted molar refractivity (Wildman–Crippen MR) is 154 cm³/mol. The van der Waals surface area contributed by atoms with E-state index in [2.05, 4.69) is 11.4 Å². The highest BCUT2D eigenvalue weighted by atomic mass is 35.5. The van der Waals surface area contributed by atoms with Gasteiger partial charge in [-0.3, -0.25) is 9.69 Å². The summed E-state index contributed by atoms with van der Waals surface area (Å²) in [6.07, 6.45) is 0.295. The second-order valence-corrected chi connectivity index (χ2v) is 12.4. The molecule has 0 spiro atoms. The van der Waals surface area contributed by atoms with Crippen molar-refractivity contribution in [1.29, 1.82) is 5.26 Å². The smallest absolute Gasteiger partial charge is 0.338 e. The number of likely N-dealkylation sites (tertiary alicyclic amines) is 1. The van der Waals surface area contributed by atoms with Gasteiger partial charge >= 0.3 is 5.97 Å². The predicted octanol–water partition coefficient (Wildman–Crippen LogP) is 7.41. The number of anilines is 1. The number of carboxylic acids is 1. The lowest BCUT2D eigenvalue weighted by Gasteiger charge is -2.38. The van der Waals surface area contributed by atoms with Crippen LogP contribution in [0.15, 0.2) is 54.6 Å². The largest absolute Gasteiger partial charge is 0.478 e. The summed E-state index contributed by atoms with van der Waals surface area (Å²) >= 11 is 12.2. The molecule has 11 heteroatoms.